The molecule has 0 saturated heterocycles. The minimum absolute atomic E-state index is 0.426. The smallest absolute Gasteiger partial charge is 0.423 e. The zero-order valence-electron chi connectivity index (χ0n) is 8.07. The Morgan fingerprint density at radius 1 is 1.43 bits per heavy atom. The predicted molar refractivity (Wildman–Crippen MR) is 60.2 cm³/mol. The summed E-state index contributed by atoms with van der Waals surface area (Å²) in [7, 11) is -1.47. The van der Waals surface area contributed by atoms with E-state index >= 15 is 0 Å². The van der Waals surface area contributed by atoms with Gasteiger partial charge in [0, 0.05) is 5.56 Å². The Labute approximate surface area is 83.6 Å². The van der Waals surface area contributed by atoms with Gasteiger partial charge < -0.3 is 10.0 Å². The standard InChI is InChI=1S/C10H12BNO2/c1-7(2)9-6-8(11(13)14)4-5-10(9)12-3/h4-6,13-14H,1,3H2,2H3. The Morgan fingerprint density at radius 3 is 2.50 bits per heavy atom. The van der Waals surface area contributed by atoms with Crippen molar-refractivity contribution >= 4 is 30.6 Å². The third-order valence-electron chi connectivity index (χ3n) is 1.95. The number of nitrogens with zero attached hydrogens (tertiary/aromatic N) is 1. The Balaban J connectivity index is 3.27. The quantitative estimate of drug-likeness (QED) is 0.544. The Bertz CT molecular complexity index is 374. The lowest BCUT2D eigenvalue weighted by Crippen LogP contribution is -2.29. The molecule has 72 valence electrons. The van der Waals surface area contributed by atoms with Crippen molar-refractivity contribution in [2.24, 2.45) is 4.99 Å². The first-order valence-corrected chi connectivity index (χ1v) is 4.19. The molecule has 4 heteroatoms. The molecule has 0 heterocycles. The molecule has 0 aromatic heterocycles. The summed E-state index contributed by atoms with van der Waals surface area (Å²) in [6, 6.07) is 4.93. The molecule has 0 aliphatic heterocycles. The molecule has 1 aromatic rings. The molecular formula is C10H12BNO2. The first-order valence-electron chi connectivity index (χ1n) is 4.19. The molecule has 2 N–H and O–H groups in total. The molecule has 0 atom stereocenters. The minimum atomic E-state index is -1.47. The summed E-state index contributed by atoms with van der Waals surface area (Å²) >= 11 is 0. The molecule has 1 rings (SSSR count). The molecule has 0 unspecified atom stereocenters. The van der Waals surface area contributed by atoms with Crippen molar-refractivity contribution in [3.8, 4) is 0 Å². The van der Waals surface area contributed by atoms with Gasteiger partial charge in [0.25, 0.3) is 0 Å². The van der Waals surface area contributed by atoms with E-state index in [4.69, 9.17) is 10.0 Å². The van der Waals surface area contributed by atoms with E-state index in [9.17, 15) is 0 Å². The topological polar surface area (TPSA) is 52.8 Å². The van der Waals surface area contributed by atoms with Crippen LogP contribution in [-0.4, -0.2) is 23.9 Å². The van der Waals surface area contributed by atoms with E-state index in [1.165, 1.54) is 0 Å². The van der Waals surface area contributed by atoms with E-state index in [1.54, 1.807) is 18.2 Å². The van der Waals surface area contributed by atoms with Crippen molar-refractivity contribution in [1.82, 2.24) is 0 Å². The second-order valence-electron chi connectivity index (χ2n) is 3.09. The SMILES string of the molecule is C=Nc1ccc(B(O)O)cc1C(=C)C. The summed E-state index contributed by atoms with van der Waals surface area (Å²) in [5.41, 5.74) is 2.72. The average molecular weight is 189 g/mol. The summed E-state index contributed by atoms with van der Waals surface area (Å²) < 4.78 is 0. The Hall–Kier alpha value is -1.39. The lowest BCUT2D eigenvalue weighted by atomic mass is 9.79. The number of benzene rings is 1. The van der Waals surface area contributed by atoms with E-state index in [2.05, 4.69) is 18.3 Å². The van der Waals surface area contributed by atoms with Gasteiger partial charge >= 0.3 is 7.12 Å². The molecule has 0 spiro atoms. The summed E-state index contributed by atoms with van der Waals surface area (Å²) in [5, 5.41) is 17.9. The number of aliphatic imine (C=N–C) groups is 1. The second-order valence-corrected chi connectivity index (χ2v) is 3.09. The van der Waals surface area contributed by atoms with Crippen molar-refractivity contribution in [3.63, 3.8) is 0 Å². The van der Waals surface area contributed by atoms with Gasteiger partial charge in [0.05, 0.1) is 5.69 Å². The van der Waals surface area contributed by atoms with Crippen LogP contribution < -0.4 is 5.46 Å². The van der Waals surface area contributed by atoms with Crippen LogP contribution in [0.1, 0.15) is 12.5 Å². The lowest BCUT2D eigenvalue weighted by molar-refractivity contribution is 0.426. The summed E-state index contributed by atoms with van der Waals surface area (Å²) in [6.45, 7) is 9.05. The molecule has 14 heavy (non-hydrogen) atoms. The van der Waals surface area contributed by atoms with Gasteiger partial charge in [0.15, 0.2) is 0 Å². The Morgan fingerprint density at radius 2 is 2.07 bits per heavy atom. The van der Waals surface area contributed by atoms with Crippen molar-refractivity contribution in [3.05, 3.63) is 30.3 Å². The van der Waals surface area contributed by atoms with E-state index in [-0.39, 0.29) is 0 Å². The van der Waals surface area contributed by atoms with Crippen LogP contribution in [0.15, 0.2) is 29.8 Å². The van der Waals surface area contributed by atoms with E-state index in [1.807, 2.05) is 6.92 Å². The van der Waals surface area contributed by atoms with Crippen LogP contribution in [-0.2, 0) is 0 Å². The first kappa shape index (κ1) is 10.7. The highest BCUT2D eigenvalue weighted by atomic mass is 16.4. The lowest BCUT2D eigenvalue weighted by Gasteiger charge is -2.07. The molecule has 0 saturated carbocycles. The van der Waals surface area contributed by atoms with Gasteiger partial charge in [-0.2, -0.15) is 0 Å². The van der Waals surface area contributed by atoms with Crippen LogP contribution in [0.3, 0.4) is 0 Å². The minimum Gasteiger partial charge on any atom is -0.423 e. The molecule has 0 amide bonds. The van der Waals surface area contributed by atoms with Crippen LogP contribution in [0.25, 0.3) is 5.57 Å². The van der Waals surface area contributed by atoms with Crippen LogP contribution in [0.2, 0.25) is 0 Å². The zero-order valence-corrected chi connectivity index (χ0v) is 8.07. The number of hydrogen-bond donors (Lipinski definition) is 2. The monoisotopic (exact) mass is 189 g/mol. The van der Waals surface area contributed by atoms with Gasteiger partial charge in [-0.05, 0) is 30.7 Å². The van der Waals surface area contributed by atoms with Crippen LogP contribution >= 0.6 is 0 Å². The van der Waals surface area contributed by atoms with Gasteiger partial charge in [-0.1, -0.05) is 18.7 Å². The molecule has 3 nitrogen and oxygen atoms in total. The van der Waals surface area contributed by atoms with E-state index < -0.39 is 7.12 Å². The van der Waals surface area contributed by atoms with Crippen LogP contribution in [0, 0.1) is 0 Å². The number of allylic oxidation sites excluding steroid dienone is 1. The van der Waals surface area contributed by atoms with Crippen molar-refractivity contribution in [1.29, 1.82) is 0 Å². The fraction of sp³-hybridized carbons (Fsp3) is 0.100. The highest BCUT2D eigenvalue weighted by molar-refractivity contribution is 6.58. The highest BCUT2D eigenvalue weighted by Crippen LogP contribution is 2.23. The number of hydrogen-bond acceptors (Lipinski definition) is 3. The first-order chi connectivity index (χ1) is 6.56. The van der Waals surface area contributed by atoms with Gasteiger partial charge in [0.1, 0.15) is 0 Å². The fourth-order valence-electron chi connectivity index (χ4n) is 1.19. The maximum absolute atomic E-state index is 8.97. The van der Waals surface area contributed by atoms with Gasteiger partial charge in [-0.3, -0.25) is 4.99 Å². The molecule has 0 aliphatic rings. The highest BCUT2D eigenvalue weighted by Gasteiger charge is 2.13. The Kier molecular flexibility index (Phi) is 3.22. The number of rotatable bonds is 3. The molecular weight excluding hydrogens is 177 g/mol. The van der Waals surface area contributed by atoms with Gasteiger partial charge in [-0.25, -0.2) is 0 Å². The molecule has 0 radical (unpaired) electrons. The van der Waals surface area contributed by atoms with Crippen molar-refractivity contribution < 1.29 is 10.0 Å². The van der Waals surface area contributed by atoms with Gasteiger partial charge in [0.2, 0.25) is 0 Å². The molecule has 0 fully saturated rings. The predicted octanol–water partition coefficient (Wildman–Crippen LogP) is 0.732. The summed E-state index contributed by atoms with van der Waals surface area (Å²) in [6.07, 6.45) is 0. The molecule has 0 bridgehead atoms. The van der Waals surface area contributed by atoms with Crippen LogP contribution in [0.5, 0.6) is 0 Å². The normalized spacial score (nSPS) is 9.64. The van der Waals surface area contributed by atoms with Crippen LogP contribution in [0.4, 0.5) is 5.69 Å². The fourth-order valence-corrected chi connectivity index (χ4v) is 1.19. The summed E-state index contributed by atoms with van der Waals surface area (Å²) in [5.74, 6) is 0. The van der Waals surface area contributed by atoms with E-state index in [0.717, 1.165) is 11.1 Å². The maximum Gasteiger partial charge on any atom is 0.488 e. The average Bonchev–Trinajstić information content (AvgIpc) is 2.16. The maximum atomic E-state index is 8.97. The van der Waals surface area contributed by atoms with E-state index in [0.29, 0.717) is 11.2 Å². The summed E-state index contributed by atoms with van der Waals surface area (Å²) in [4.78, 5) is 3.82. The molecule has 0 aliphatic carbocycles. The largest absolute Gasteiger partial charge is 0.488 e. The van der Waals surface area contributed by atoms with Gasteiger partial charge in [-0.15, -0.1) is 0 Å². The zero-order chi connectivity index (χ0) is 10.7. The molecule has 1 aromatic carbocycles. The second kappa shape index (κ2) is 4.22. The van der Waals surface area contributed by atoms with Crippen molar-refractivity contribution in [2.45, 2.75) is 6.92 Å². The third-order valence-corrected chi connectivity index (χ3v) is 1.95. The van der Waals surface area contributed by atoms with Crippen molar-refractivity contribution in [2.75, 3.05) is 0 Å². The third kappa shape index (κ3) is 2.10.